The molecule has 0 fully saturated rings. The molecule has 1 aromatic rings. The first-order valence-electron chi connectivity index (χ1n) is 4.14. The summed E-state index contributed by atoms with van der Waals surface area (Å²) in [5, 5.41) is 10.5. The summed E-state index contributed by atoms with van der Waals surface area (Å²) >= 11 is 3.50. The second kappa shape index (κ2) is 4.77. The van der Waals surface area contributed by atoms with Gasteiger partial charge >= 0.3 is 0 Å². The second-order valence-electron chi connectivity index (χ2n) is 3.08. The summed E-state index contributed by atoms with van der Waals surface area (Å²) < 4.78 is 20.8. The zero-order chi connectivity index (χ0) is 12.5. The van der Waals surface area contributed by atoms with Crippen LogP contribution in [0.5, 0.6) is 0 Å². The third-order valence-corrected chi connectivity index (χ3v) is 3.00. The monoisotopic (exact) mass is 264 g/mol. The van der Waals surface area contributed by atoms with E-state index < -0.39 is 16.2 Å². The molecule has 0 saturated carbocycles. The number of aryl methyl sites for hydroxylation is 1. The van der Waals surface area contributed by atoms with Crippen LogP contribution in [0.15, 0.2) is 12.1 Å². The number of nitrogens with zero attached hydrogens (tertiary/aromatic N) is 2. The highest BCUT2D eigenvalue weighted by Crippen LogP contribution is 2.32. The fourth-order valence-electron chi connectivity index (χ4n) is 1.22. The smallest absolute Gasteiger partial charge is 0.288 e. The normalized spacial score (nSPS) is 12.2. The van der Waals surface area contributed by atoms with Gasteiger partial charge in [-0.25, -0.2) is 4.21 Å². The largest absolute Gasteiger partial charge is 0.289 e. The molecule has 0 radical (unpaired) electrons. The van der Waals surface area contributed by atoms with Crippen LogP contribution in [0.1, 0.15) is 5.56 Å². The number of halogens is 1. The molecule has 0 aromatic heterocycles. The van der Waals surface area contributed by atoms with Crippen LogP contribution < -0.4 is 4.31 Å². The van der Waals surface area contributed by atoms with Crippen molar-refractivity contribution in [3.05, 3.63) is 32.8 Å². The Balaban J connectivity index is 3.31. The average Bonchev–Trinajstić information content (AvgIpc) is 2.19. The number of rotatable bonds is 3. The van der Waals surface area contributed by atoms with Crippen molar-refractivity contribution in [3.8, 4) is 0 Å². The molecule has 0 aliphatic carbocycles. The van der Waals surface area contributed by atoms with E-state index in [1.54, 1.807) is 6.92 Å². The van der Waals surface area contributed by atoms with E-state index in [-0.39, 0.29) is 10.7 Å². The third-order valence-electron chi connectivity index (χ3n) is 2.04. The molecule has 0 saturated heterocycles. The number of nitro groups is 1. The first-order valence-corrected chi connectivity index (χ1v) is 5.58. The molecular formula is C8H9ClN2O4S. The highest BCUT2D eigenvalue weighted by Gasteiger charge is 2.18. The van der Waals surface area contributed by atoms with E-state index in [2.05, 4.69) is 0 Å². The highest BCUT2D eigenvalue weighted by molar-refractivity contribution is 7.80. The molecule has 0 amide bonds. The predicted octanol–water partition coefficient (Wildman–Crippen LogP) is 2.13. The van der Waals surface area contributed by atoms with E-state index in [0.717, 1.165) is 4.31 Å². The van der Waals surface area contributed by atoms with Crippen molar-refractivity contribution in [3.63, 3.8) is 0 Å². The van der Waals surface area contributed by atoms with Crippen molar-refractivity contribution in [2.75, 3.05) is 11.4 Å². The van der Waals surface area contributed by atoms with Gasteiger partial charge in [0, 0.05) is 13.1 Å². The van der Waals surface area contributed by atoms with Gasteiger partial charge in [0.1, 0.15) is 5.02 Å². The summed E-state index contributed by atoms with van der Waals surface area (Å²) in [4.78, 5) is 9.98. The number of anilines is 1. The summed E-state index contributed by atoms with van der Waals surface area (Å²) in [5.74, 6) is 0. The Bertz CT molecular complexity index is 466. The van der Waals surface area contributed by atoms with Gasteiger partial charge in [-0.1, -0.05) is 11.6 Å². The Morgan fingerprint density at radius 3 is 2.56 bits per heavy atom. The molecule has 0 aliphatic rings. The summed E-state index contributed by atoms with van der Waals surface area (Å²) in [7, 11) is 1.39. The molecule has 0 aliphatic heterocycles. The van der Waals surface area contributed by atoms with Crippen LogP contribution in [0.25, 0.3) is 0 Å². The topological polar surface area (TPSA) is 83.7 Å². The fourth-order valence-corrected chi connectivity index (χ4v) is 1.81. The van der Waals surface area contributed by atoms with Crippen molar-refractivity contribution in [1.82, 2.24) is 0 Å². The summed E-state index contributed by atoms with van der Waals surface area (Å²) in [5.41, 5.74) is 0.650. The molecule has 0 heterocycles. The van der Waals surface area contributed by atoms with E-state index in [1.807, 2.05) is 0 Å². The maximum Gasteiger partial charge on any atom is 0.288 e. The molecule has 6 nitrogen and oxygen atoms in total. The molecule has 0 spiro atoms. The molecule has 1 unspecified atom stereocenters. The molecule has 16 heavy (non-hydrogen) atoms. The fraction of sp³-hybridized carbons (Fsp3) is 0.250. The molecular weight excluding hydrogens is 256 g/mol. The zero-order valence-corrected chi connectivity index (χ0v) is 10.1. The van der Waals surface area contributed by atoms with Crippen molar-refractivity contribution in [2.45, 2.75) is 6.92 Å². The Morgan fingerprint density at radius 2 is 2.12 bits per heavy atom. The van der Waals surface area contributed by atoms with Gasteiger partial charge in [0.05, 0.1) is 10.6 Å². The van der Waals surface area contributed by atoms with Gasteiger partial charge in [-0.2, -0.15) is 0 Å². The number of hydrogen-bond acceptors (Lipinski definition) is 3. The third kappa shape index (κ3) is 2.49. The maximum atomic E-state index is 10.8. The van der Waals surface area contributed by atoms with Gasteiger partial charge in [-0.3, -0.25) is 19.0 Å². The van der Waals surface area contributed by atoms with Gasteiger partial charge in [0.25, 0.3) is 17.0 Å². The summed E-state index contributed by atoms with van der Waals surface area (Å²) in [6.45, 7) is 1.60. The van der Waals surface area contributed by atoms with Crippen LogP contribution in [-0.2, 0) is 11.3 Å². The lowest BCUT2D eigenvalue weighted by atomic mass is 10.2. The highest BCUT2D eigenvalue weighted by atomic mass is 35.5. The predicted molar refractivity (Wildman–Crippen MR) is 62.0 cm³/mol. The first-order chi connectivity index (χ1) is 7.34. The van der Waals surface area contributed by atoms with E-state index in [0.29, 0.717) is 11.3 Å². The van der Waals surface area contributed by atoms with E-state index in [4.69, 9.17) is 16.2 Å². The minimum absolute atomic E-state index is 0.0668. The van der Waals surface area contributed by atoms with Crippen LogP contribution in [-0.4, -0.2) is 20.7 Å². The lowest BCUT2D eigenvalue weighted by Gasteiger charge is -2.16. The molecule has 0 bridgehead atoms. The standard InChI is InChI=1S/C8H9ClN2O4S/c1-5-3-8(11(12)13)6(9)4-7(5)10(2)16(14)15/h3-4H,1-2H3,(H,14,15). The van der Waals surface area contributed by atoms with Gasteiger partial charge < -0.3 is 0 Å². The molecule has 1 N–H and O–H groups in total. The minimum Gasteiger partial charge on any atom is -0.289 e. The summed E-state index contributed by atoms with van der Waals surface area (Å²) in [6.07, 6.45) is 0. The number of nitro benzene ring substituents is 1. The van der Waals surface area contributed by atoms with E-state index >= 15 is 0 Å². The average molecular weight is 265 g/mol. The molecule has 1 atom stereocenters. The minimum atomic E-state index is -2.19. The molecule has 8 heteroatoms. The van der Waals surface area contributed by atoms with Gasteiger partial charge in [-0.15, -0.1) is 0 Å². The van der Waals surface area contributed by atoms with Crippen LogP contribution >= 0.6 is 11.6 Å². The quantitative estimate of drug-likeness (QED) is 0.515. The molecule has 88 valence electrons. The van der Waals surface area contributed by atoms with Crippen molar-refractivity contribution < 1.29 is 13.7 Å². The molecule has 1 rings (SSSR count). The summed E-state index contributed by atoms with van der Waals surface area (Å²) in [6, 6.07) is 2.56. The Morgan fingerprint density at radius 1 is 1.56 bits per heavy atom. The Labute approximate surface area is 99.4 Å². The van der Waals surface area contributed by atoms with Crippen molar-refractivity contribution >= 4 is 34.2 Å². The zero-order valence-electron chi connectivity index (χ0n) is 8.51. The van der Waals surface area contributed by atoms with Crippen LogP contribution in [0.2, 0.25) is 5.02 Å². The lowest BCUT2D eigenvalue weighted by Crippen LogP contribution is -2.20. The van der Waals surface area contributed by atoms with Crippen LogP contribution in [0.4, 0.5) is 11.4 Å². The SMILES string of the molecule is Cc1cc([N+](=O)[O-])c(Cl)cc1N(C)S(=O)O. The second-order valence-corrected chi connectivity index (χ2v) is 4.49. The number of benzene rings is 1. The van der Waals surface area contributed by atoms with Gasteiger partial charge in [-0.05, 0) is 18.6 Å². The van der Waals surface area contributed by atoms with Crippen LogP contribution in [0.3, 0.4) is 0 Å². The van der Waals surface area contributed by atoms with Gasteiger partial charge in [0.15, 0.2) is 0 Å². The van der Waals surface area contributed by atoms with E-state index in [9.17, 15) is 14.3 Å². The Hall–Kier alpha value is -1.18. The van der Waals surface area contributed by atoms with Crippen molar-refractivity contribution in [1.29, 1.82) is 0 Å². The van der Waals surface area contributed by atoms with Gasteiger partial charge in [0.2, 0.25) is 0 Å². The maximum absolute atomic E-state index is 10.8. The lowest BCUT2D eigenvalue weighted by molar-refractivity contribution is -0.384. The van der Waals surface area contributed by atoms with Crippen molar-refractivity contribution in [2.24, 2.45) is 0 Å². The molecule has 1 aromatic carbocycles. The van der Waals surface area contributed by atoms with E-state index in [1.165, 1.54) is 19.2 Å². The van der Waals surface area contributed by atoms with Crippen LogP contribution in [0, 0.1) is 17.0 Å². The Kier molecular flexibility index (Phi) is 3.84. The first kappa shape index (κ1) is 12.9. The number of hydrogen-bond donors (Lipinski definition) is 1.